The second kappa shape index (κ2) is 7.00. The van der Waals surface area contributed by atoms with E-state index in [0.29, 0.717) is 11.4 Å². The zero-order valence-electron chi connectivity index (χ0n) is 14.0. The lowest BCUT2D eigenvalue weighted by atomic mass is 10.2. The van der Waals surface area contributed by atoms with Gasteiger partial charge in [-0.05, 0) is 45.4 Å². The molecule has 0 aliphatic rings. The lowest BCUT2D eigenvalue weighted by molar-refractivity contribution is 0.0981. The highest BCUT2D eigenvalue weighted by Gasteiger charge is 2.21. The number of hydrogen-bond donors (Lipinski definition) is 1. The Hall–Kier alpha value is -2.41. The van der Waals surface area contributed by atoms with Crippen LogP contribution in [-0.2, 0) is 10.0 Å². The van der Waals surface area contributed by atoms with Crippen LogP contribution in [0.4, 0.5) is 0 Å². The van der Waals surface area contributed by atoms with Crippen LogP contribution < -0.4 is 9.46 Å². The van der Waals surface area contributed by atoms with Crippen LogP contribution in [0, 0.1) is 13.8 Å². The van der Waals surface area contributed by atoms with E-state index >= 15 is 0 Å². The third-order valence-corrected chi connectivity index (χ3v) is 4.69. The maximum Gasteiger partial charge on any atom is 0.266 e. The van der Waals surface area contributed by atoms with Gasteiger partial charge in [-0.1, -0.05) is 17.7 Å². The first-order chi connectivity index (χ1) is 11.2. The number of nitrogens with zero attached hydrogens (tertiary/aromatic N) is 1. The van der Waals surface area contributed by atoms with Crippen LogP contribution >= 0.6 is 0 Å². The zero-order chi connectivity index (χ0) is 17.9. The minimum Gasteiger partial charge on any atom is -0.475 e. The number of aromatic nitrogens is 1. The molecule has 1 aromatic heterocycles. The largest absolute Gasteiger partial charge is 0.475 e. The normalized spacial score (nSPS) is 11.4. The molecule has 128 valence electrons. The molecule has 0 bridgehead atoms. The van der Waals surface area contributed by atoms with Crippen molar-refractivity contribution in [3.63, 3.8) is 0 Å². The zero-order valence-corrected chi connectivity index (χ0v) is 14.8. The number of benzene rings is 1. The molecule has 24 heavy (non-hydrogen) atoms. The topological polar surface area (TPSA) is 85.4 Å². The Morgan fingerprint density at radius 3 is 2.42 bits per heavy atom. The van der Waals surface area contributed by atoms with Gasteiger partial charge in [-0.25, -0.2) is 18.1 Å². The summed E-state index contributed by atoms with van der Waals surface area (Å²) in [5.41, 5.74) is 1.66. The number of pyridine rings is 1. The van der Waals surface area contributed by atoms with Crippen molar-refractivity contribution in [1.82, 2.24) is 9.71 Å². The number of ether oxygens (including phenoxy) is 1. The van der Waals surface area contributed by atoms with Crippen LogP contribution in [0.3, 0.4) is 0 Å². The predicted molar refractivity (Wildman–Crippen MR) is 90.6 cm³/mol. The molecule has 1 N–H and O–H groups in total. The molecule has 7 heteroatoms. The summed E-state index contributed by atoms with van der Waals surface area (Å²) >= 11 is 0. The van der Waals surface area contributed by atoms with Gasteiger partial charge in [-0.2, -0.15) is 0 Å². The molecule has 0 aliphatic carbocycles. The van der Waals surface area contributed by atoms with Gasteiger partial charge in [0, 0.05) is 12.3 Å². The molecule has 0 aliphatic heterocycles. The maximum absolute atomic E-state index is 12.4. The molecule has 2 aromatic rings. The van der Waals surface area contributed by atoms with Crippen molar-refractivity contribution in [3.8, 4) is 5.88 Å². The van der Waals surface area contributed by atoms with E-state index in [-0.39, 0.29) is 16.6 Å². The maximum atomic E-state index is 12.4. The SMILES string of the molecule is Cc1ccc(S(=O)(=O)NC(=O)c2ccc(OC(C)C)nc2)c(C)c1. The molecule has 0 atom stereocenters. The molecule has 0 unspecified atom stereocenters. The Morgan fingerprint density at radius 1 is 1.17 bits per heavy atom. The smallest absolute Gasteiger partial charge is 0.266 e. The van der Waals surface area contributed by atoms with E-state index in [1.54, 1.807) is 19.1 Å². The Morgan fingerprint density at radius 2 is 1.88 bits per heavy atom. The minimum absolute atomic E-state index is 0.0398. The molecule has 2 rings (SSSR count). The molecule has 1 amide bonds. The van der Waals surface area contributed by atoms with Gasteiger partial charge in [0.15, 0.2) is 0 Å². The summed E-state index contributed by atoms with van der Waals surface area (Å²) in [6.45, 7) is 7.28. The van der Waals surface area contributed by atoms with Gasteiger partial charge >= 0.3 is 0 Å². The molecule has 0 fully saturated rings. The first kappa shape index (κ1) is 17.9. The van der Waals surface area contributed by atoms with Gasteiger partial charge in [-0.15, -0.1) is 0 Å². The lowest BCUT2D eigenvalue weighted by Crippen LogP contribution is -2.31. The van der Waals surface area contributed by atoms with Crippen LogP contribution in [0.5, 0.6) is 5.88 Å². The standard InChI is InChI=1S/C17H20N2O4S/c1-11(2)23-16-8-6-14(10-18-16)17(20)19-24(21,22)15-7-5-12(3)9-13(15)4/h5-11H,1-4H3,(H,19,20). The van der Waals surface area contributed by atoms with E-state index in [9.17, 15) is 13.2 Å². The van der Waals surface area contributed by atoms with E-state index in [4.69, 9.17) is 4.74 Å². The first-order valence-corrected chi connectivity index (χ1v) is 8.94. The summed E-state index contributed by atoms with van der Waals surface area (Å²) in [5.74, 6) is -0.364. The monoisotopic (exact) mass is 348 g/mol. The van der Waals surface area contributed by atoms with Gasteiger partial charge in [-0.3, -0.25) is 4.79 Å². The minimum atomic E-state index is -3.94. The number of carbonyl (C=O) groups excluding carboxylic acids is 1. The quantitative estimate of drug-likeness (QED) is 0.898. The number of aryl methyl sites for hydroxylation is 2. The van der Waals surface area contributed by atoms with Crippen LogP contribution in [0.25, 0.3) is 0 Å². The number of carbonyl (C=O) groups is 1. The van der Waals surface area contributed by atoms with Gasteiger partial charge in [0.25, 0.3) is 15.9 Å². The van der Waals surface area contributed by atoms with Crippen molar-refractivity contribution in [1.29, 1.82) is 0 Å². The second-order valence-corrected chi connectivity index (χ2v) is 7.41. The highest BCUT2D eigenvalue weighted by molar-refractivity contribution is 7.90. The lowest BCUT2D eigenvalue weighted by Gasteiger charge is -2.11. The van der Waals surface area contributed by atoms with Crippen molar-refractivity contribution >= 4 is 15.9 Å². The number of hydrogen-bond acceptors (Lipinski definition) is 5. The molecule has 0 radical (unpaired) electrons. The Bertz CT molecular complexity index is 843. The Kier molecular flexibility index (Phi) is 5.23. The molecule has 6 nitrogen and oxygen atoms in total. The van der Waals surface area contributed by atoms with Crippen molar-refractivity contribution in [2.45, 2.75) is 38.7 Å². The molecule has 0 saturated carbocycles. The Labute approximate surface area is 141 Å². The van der Waals surface area contributed by atoms with Gasteiger partial charge in [0.2, 0.25) is 5.88 Å². The van der Waals surface area contributed by atoms with Gasteiger partial charge in [0.1, 0.15) is 0 Å². The van der Waals surface area contributed by atoms with Crippen LogP contribution in [-0.4, -0.2) is 25.4 Å². The van der Waals surface area contributed by atoms with Crippen molar-refractivity contribution in [2.24, 2.45) is 0 Å². The third kappa shape index (κ3) is 4.32. The summed E-state index contributed by atoms with van der Waals surface area (Å²) in [7, 11) is -3.94. The van der Waals surface area contributed by atoms with Gasteiger partial charge in [0.05, 0.1) is 16.6 Å². The van der Waals surface area contributed by atoms with E-state index in [1.165, 1.54) is 24.4 Å². The van der Waals surface area contributed by atoms with Crippen LogP contribution in [0.1, 0.15) is 35.3 Å². The van der Waals surface area contributed by atoms with E-state index in [1.807, 2.05) is 20.8 Å². The third-order valence-electron chi connectivity index (χ3n) is 3.20. The Balaban J connectivity index is 2.18. The fourth-order valence-corrected chi connectivity index (χ4v) is 3.36. The van der Waals surface area contributed by atoms with E-state index < -0.39 is 15.9 Å². The number of amides is 1. The van der Waals surface area contributed by atoms with Crippen LogP contribution in [0.2, 0.25) is 0 Å². The van der Waals surface area contributed by atoms with Crippen molar-refractivity contribution in [3.05, 3.63) is 53.2 Å². The highest BCUT2D eigenvalue weighted by atomic mass is 32.2. The molecule has 0 spiro atoms. The average Bonchev–Trinajstić information content (AvgIpc) is 2.46. The van der Waals surface area contributed by atoms with Crippen LogP contribution in [0.15, 0.2) is 41.4 Å². The fourth-order valence-electron chi connectivity index (χ4n) is 2.16. The van der Waals surface area contributed by atoms with Crippen molar-refractivity contribution < 1.29 is 17.9 Å². The summed E-state index contributed by atoms with van der Waals surface area (Å²) in [6, 6.07) is 7.92. The second-order valence-electron chi connectivity index (χ2n) is 5.76. The molecular formula is C17H20N2O4S. The molecule has 1 aromatic carbocycles. The fraction of sp³-hybridized carbons (Fsp3) is 0.294. The summed E-state index contributed by atoms with van der Waals surface area (Å²) < 4.78 is 32.2. The molecule has 0 saturated heterocycles. The van der Waals surface area contributed by atoms with E-state index in [2.05, 4.69) is 9.71 Å². The van der Waals surface area contributed by atoms with Gasteiger partial charge < -0.3 is 4.74 Å². The summed E-state index contributed by atoms with van der Waals surface area (Å²) in [4.78, 5) is 16.2. The average molecular weight is 348 g/mol. The highest BCUT2D eigenvalue weighted by Crippen LogP contribution is 2.17. The first-order valence-electron chi connectivity index (χ1n) is 7.46. The number of rotatable bonds is 5. The summed E-state index contributed by atoms with van der Waals surface area (Å²) in [5, 5.41) is 0. The predicted octanol–water partition coefficient (Wildman–Crippen LogP) is 2.60. The molecular weight excluding hydrogens is 328 g/mol. The molecule has 1 heterocycles. The number of nitrogens with one attached hydrogen (secondary N) is 1. The number of sulfonamides is 1. The van der Waals surface area contributed by atoms with E-state index in [0.717, 1.165) is 5.56 Å². The van der Waals surface area contributed by atoms with Crippen molar-refractivity contribution in [2.75, 3.05) is 0 Å². The summed E-state index contributed by atoms with van der Waals surface area (Å²) in [6.07, 6.45) is 1.24.